The van der Waals surface area contributed by atoms with Gasteiger partial charge in [-0.3, -0.25) is 9.69 Å². The Bertz CT molecular complexity index is 425. The van der Waals surface area contributed by atoms with E-state index in [1.807, 2.05) is 0 Å². The van der Waals surface area contributed by atoms with Crippen molar-refractivity contribution in [3.8, 4) is 5.75 Å². The van der Waals surface area contributed by atoms with Crippen molar-refractivity contribution in [3.63, 3.8) is 0 Å². The maximum atomic E-state index is 13.2. The number of rotatable bonds is 3. The summed E-state index contributed by atoms with van der Waals surface area (Å²) in [6.45, 7) is 1.83. The van der Waals surface area contributed by atoms with E-state index in [4.69, 9.17) is 4.74 Å². The molecule has 98 valence electrons. The van der Waals surface area contributed by atoms with Crippen LogP contribution in [0.15, 0.2) is 18.2 Å². The second-order valence-corrected chi connectivity index (χ2v) is 4.13. The lowest BCUT2D eigenvalue weighted by molar-refractivity contribution is -0.145. The second kappa shape index (κ2) is 5.32. The number of carboxylic acid groups (broad SMARTS) is 1. The van der Waals surface area contributed by atoms with Gasteiger partial charge in [0.1, 0.15) is 17.6 Å². The van der Waals surface area contributed by atoms with Gasteiger partial charge in [0, 0.05) is 19.2 Å². The van der Waals surface area contributed by atoms with Crippen molar-refractivity contribution < 1.29 is 24.1 Å². The average Bonchev–Trinajstić information content (AvgIpc) is 2.28. The number of hydrogen-bond acceptors (Lipinski definition) is 4. The first-order valence-electron chi connectivity index (χ1n) is 5.62. The zero-order valence-electron chi connectivity index (χ0n) is 9.67. The molecule has 1 unspecified atom stereocenters. The van der Waals surface area contributed by atoms with Crippen molar-refractivity contribution in [1.29, 1.82) is 0 Å². The molecule has 0 spiro atoms. The Hall–Kier alpha value is -1.66. The highest BCUT2D eigenvalue weighted by atomic mass is 19.1. The van der Waals surface area contributed by atoms with Crippen molar-refractivity contribution in [2.24, 2.45) is 0 Å². The molecule has 2 rings (SSSR count). The first-order valence-corrected chi connectivity index (χ1v) is 5.62. The fraction of sp³-hybridized carbons (Fsp3) is 0.417. The van der Waals surface area contributed by atoms with Crippen molar-refractivity contribution in [2.75, 3.05) is 26.3 Å². The smallest absolute Gasteiger partial charge is 0.325 e. The van der Waals surface area contributed by atoms with E-state index < -0.39 is 17.8 Å². The quantitative estimate of drug-likeness (QED) is 0.842. The number of carbonyl (C=O) groups is 1. The fourth-order valence-corrected chi connectivity index (χ4v) is 2.10. The number of carboxylic acids is 1. The van der Waals surface area contributed by atoms with Crippen molar-refractivity contribution in [3.05, 3.63) is 29.6 Å². The van der Waals surface area contributed by atoms with Crippen LogP contribution >= 0.6 is 0 Å². The highest BCUT2D eigenvalue weighted by Gasteiger charge is 2.29. The Labute approximate surface area is 103 Å². The van der Waals surface area contributed by atoms with Crippen LogP contribution in [0.5, 0.6) is 5.75 Å². The van der Waals surface area contributed by atoms with Crippen molar-refractivity contribution >= 4 is 5.97 Å². The standard InChI is InChI=1S/C12H14FNO4/c13-9-5-8(6-10(15)7-9)11(12(16)17)14-1-3-18-4-2-14/h5-7,11,15H,1-4H2,(H,16,17). The molecule has 0 saturated carbocycles. The van der Waals surface area contributed by atoms with Crippen LogP contribution in [0.1, 0.15) is 11.6 Å². The minimum atomic E-state index is -1.07. The van der Waals surface area contributed by atoms with Crippen LogP contribution in [-0.2, 0) is 9.53 Å². The molecule has 2 N–H and O–H groups in total. The molecule has 1 aliphatic rings. The molecule has 1 atom stereocenters. The van der Waals surface area contributed by atoms with Gasteiger partial charge < -0.3 is 14.9 Å². The lowest BCUT2D eigenvalue weighted by Crippen LogP contribution is -2.42. The highest BCUT2D eigenvalue weighted by Crippen LogP contribution is 2.26. The lowest BCUT2D eigenvalue weighted by Gasteiger charge is -2.32. The third-order valence-corrected chi connectivity index (χ3v) is 2.87. The van der Waals surface area contributed by atoms with Crippen LogP contribution < -0.4 is 0 Å². The van der Waals surface area contributed by atoms with E-state index in [9.17, 15) is 19.4 Å². The van der Waals surface area contributed by atoms with Gasteiger partial charge in [0.15, 0.2) is 0 Å². The molecule has 0 aliphatic carbocycles. The summed E-state index contributed by atoms with van der Waals surface area (Å²) in [7, 11) is 0. The van der Waals surface area contributed by atoms with Gasteiger partial charge in [-0.1, -0.05) is 0 Å². The zero-order chi connectivity index (χ0) is 13.1. The Morgan fingerprint density at radius 2 is 2.00 bits per heavy atom. The molecule has 1 aliphatic heterocycles. The first-order chi connectivity index (χ1) is 8.58. The number of halogens is 1. The van der Waals surface area contributed by atoms with Crippen LogP contribution in [0.2, 0.25) is 0 Å². The van der Waals surface area contributed by atoms with Gasteiger partial charge >= 0.3 is 5.97 Å². The summed E-state index contributed by atoms with van der Waals surface area (Å²) in [4.78, 5) is 13.0. The Morgan fingerprint density at radius 1 is 1.33 bits per heavy atom. The highest BCUT2D eigenvalue weighted by molar-refractivity contribution is 5.75. The molecule has 0 amide bonds. The molecule has 1 aromatic carbocycles. The zero-order valence-corrected chi connectivity index (χ0v) is 9.67. The number of phenolic OH excluding ortho intramolecular Hbond substituents is 1. The van der Waals surface area contributed by atoms with E-state index in [0.29, 0.717) is 26.3 Å². The summed E-state index contributed by atoms with van der Waals surface area (Å²) < 4.78 is 18.4. The second-order valence-electron chi connectivity index (χ2n) is 4.13. The Kier molecular flexibility index (Phi) is 3.78. The molecule has 1 saturated heterocycles. The molecular formula is C12H14FNO4. The Balaban J connectivity index is 2.31. The molecule has 0 bridgehead atoms. The monoisotopic (exact) mass is 255 g/mol. The topological polar surface area (TPSA) is 70.0 Å². The molecule has 1 heterocycles. The summed E-state index contributed by atoms with van der Waals surface area (Å²) in [5.41, 5.74) is 0.238. The summed E-state index contributed by atoms with van der Waals surface area (Å²) in [5.74, 6) is -1.99. The van der Waals surface area contributed by atoms with Crippen LogP contribution in [0.25, 0.3) is 0 Å². The normalized spacial score (nSPS) is 18.5. The minimum Gasteiger partial charge on any atom is -0.508 e. The maximum absolute atomic E-state index is 13.2. The van der Waals surface area contributed by atoms with Crippen LogP contribution in [0, 0.1) is 5.82 Å². The maximum Gasteiger partial charge on any atom is 0.325 e. The number of aromatic hydroxyl groups is 1. The van der Waals surface area contributed by atoms with Crippen LogP contribution in [-0.4, -0.2) is 47.4 Å². The van der Waals surface area contributed by atoms with E-state index in [-0.39, 0.29) is 11.3 Å². The Morgan fingerprint density at radius 3 is 2.56 bits per heavy atom. The third kappa shape index (κ3) is 2.77. The summed E-state index contributed by atoms with van der Waals surface area (Å²) in [6, 6.07) is 2.39. The molecular weight excluding hydrogens is 241 g/mol. The third-order valence-electron chi connectivity index (χ3n) is 2.87. The van der Waals surface area contributed by atoms with Gasteiger partial charge in [-0.25, -0.2) is 4.39 Å². The number of ether oxygens (including phenoxy) is 1. The molecule has 5 nitrogen and oxygen atoms in total. The predicted molar refractivity (Wildman–Crippen MR) is 60.8 cm³/mol. The summed E-state index contributed by atoms with van der Waals surface area (Å²) in [6.07, 6.45) is 0. The van der Waals surface area contributed by atoms with E-state index in [2.05, 4.69) is 0 Å². The molecule has 0 radical (unpaired) electrons. The number of hydrogen-bond donors (Lipinski definition) is 2. The number of phenols is 1. The predicted octanol–water partition coefficient (Wildman–Crippen LogP) is 0.989. The molecule has 6 heteroatoms. The van der Waals surface area contributed by atoms with Gasteiger partial charge in [-0.15, -0.1) is 0 Å². The largest absolute Gasteiger partial charge is 0.508 e. The van der Waals surface area contributed by atoms with Gasteiger partial charge in [0.2, 0.25) is 0 Å². The van der Waals surface area contributed by atoms with E-state index in [1.165, 1.54) is 6.07 Å². The van der Waals surface area contributed by atoms with Gasteiger partial charge in [-0.05, 0) is 17.7 Å². The molecule has 1 fully saturated rings. The van der Waals surface area contributed by atoms with Crippen molar-refractivity contribution in [2.45, 2.75) is 6.04 Å². The van der Waals surface area contributed by atoms with Crippen LogP contribution in [0.3, 0.4) is 0 Å². The molecule has 0 aromatic heterocycles. The van der Waals surface area contributed by atoms with Gasteiger partial charge in [0.25, 0.3) is 0 Å². The first kappa shape index (κ1) is 12.8. The molecule has 18 heavy (non-hydrogen) atoms. The SMILES string of the molecule is O=C(O)C(c1cc(O)cc(F)c1)N1CCOCC1. The number of nitrogens with zero attached hydrogens (tertiary/aromatic N) is 1. The number of morpholine rings is 1. The average molecular weight is 255 g/mol. The number of aliphatic carboxylic acids is 1. The minimum absolute atomic E-state index is 0.238. The van der Waals surface area contributed by atoms with Crippen LogP contribution in [0.4, 0.5) is 4.39 Å². The van der Waals surface area contributed by atoms with Gasteiger partial charge in [-0.2, -0.15) is 0 Å². The fourth-order valence-electron chi connectivity index (χ4n) is 2.10. The van der Waals surface area contributed by atoms with E-state index in [0.717, 1.165) is 12.1 Å². The number of benzene rings is 1. The molecule has 1 aromatic rings. The summed E-state index contributed by atoms with van der Waals surface area (Å²) >= 11 is 0. The lowest BCUT2D eigenvalue weighted by atomic mass is 10.0. The van der Waals surface area contributed by atoms with Crippen molar-refractivity contribution in [1.82, 2.24) is 4.90 Å². The van der Waals surface area contributed by atoms with E-state index >= 15 is 0 Å². The van der Waals surface area contributed by atoms with Gasteiger partial charge in [0.05, 0.1) is 13.2 Å². The van der Waals surface area contributed by atoms with E-state index in [1.54, 1.807) is 4.90 Å². The summed E-state index contributed by atoms with van der Waals surface area (Å²) in [5, 5.41) is 18.6.